The van der Waals surface area contributed by atoms with Crippen LogP contribution in [0.5, 0.6) is 0 Å². The summed E-state index contributed by atoms with van der Waals surface area (Å²) in [6.07, 6.45) is 2.93. The number of rotatable bonds is 6. The van der Waals surface area contributed by atoms with E-state index in [1.165, 1.54) is 0 Å². The van der Waals surface area contributed by atoms with Crippen LogP contribution in [0.15, 0.2) is 18.2 Å². The third kappa shape index (κ3) is 4.13. The van der Waals surface area contributed by atoms with Gasteiger partial charge in [0.1, 0.15) is 0 Å². The van der Waals surface area contributed by atoms with Crippen LogP contribution in [0, 0.1) is 0 Å². The molecule has 1 N–H and O–H groups in total. The SMILES string of the molecule is CCCS(=O)(=O)Nc1cc(N2CCOCC2)ccc1N1CCCC1. The van der Waals surface area contributed by atoms with Gasteiger partial charge in [-0.15, -0.1) is 0 Å². The van der Waals surface area contributed by atoms with Crippen molar-refractivity contribution in [2.75, 3.05) is 59.7 Å². The van der Waals surface area contributed by atoms with Gasteiger partial charge in [0.2, 0.25) is 10.0 Å². The standard InChI is InChI=1S/C17H27N3O3S/c1-2-13-24(21,22)18-16-14-15(19-9-11-23-12-10-19)5-6-17(16)20-7-3-4-8-20/h5-6,14,18H,2-4,7-13H2,1H3. The number of anilines is 3. The van der Waals surface area contributed by atoms with Gasteiger partial charge in [-0.1, -0.05) is 6.92 Å². The summed E-state index contributed by atoms with van der Waals surface area (Å²) < 4.78 is 32.8. The van der Waals surface area contributed by atoms with Gasteiger partial charge >= 0.3 is 0 Å². The molecule has 134 valence electrons. The van der Waals surface area contributed by atoms with E-state index in [1.54, 1.807) is 0 Å². The second-order valence-corrected chi connectivity index (χ2v) is 8.26. The van der Waals surface area contributed by atoms with Gasteiger partial charge in [-0.2, -0.15) is 0 Å². The molecule has 24 heavy (non-hydrogen) atoms. The van der Waals surface area contributed by atoms with Crippen molar-refractivity contribution in [1.82, 2.24) is 0 Å². The highest BCUT2D eigenvalue weighted by Crippen LogP contribution is 2.34. The molecule has 0 radical (unpaired) electrons. The lowest BCUT2D eigenvalue weighted by Crippen LogP contribution is -2.36. The lowest BCUT2D eigenvalue weighted by atomic mass is 10.2. The van der Waals surface area contributed by atoms with Crippen molar-refractivity contribution in [1.29, 1.82) is 0 Å². The molecule has 0 atom stereocenters. The van der Waals surface area contributed by atoms with Crippen LogP contribution in [0.4, 0.5) is 17.1 Å². The molecule has 2 saturated heterocycles. The van der Waals surface area contributed by atoms with Crippen LogP contribution in [0.3, 0.4) is 0 Å². The van der Waals surface area contributed by atoms with Gasteiger partial charge in [0.15, 0.2) is 0 Å². The first-order valence-corrected chi connectivity index (χ1v) is 10.5. The first kappa shape index (κ1) is 17.4. The molecule has 0 aromatic heterocycles. The number of benzene rings is 1. The predicted molar refractivity (Wildman–Crippen MR) is 98.6 cm³/mol. The first-order chi connectivity index (χ1) is 11.6. The molecule has 2 aliphatic rings. The highest BCUT2D eigenvalue weighted by atomic mass is 32.2. The van der Waals surface area contributed by atoms with Gasteiger partial charge in [-0.25, -0.2) is 8.42 Å². The van der Waals surface area contributed by atoms with Gasteiger partial charge in [-0.05, 0) is 37.5 Å². The maximum Gasteiger partial charge on any atom is 0.232 e. The van der Waals surface area contributed by atoms with E-state index >= 15 is 0 Å². The largest absolute Gasteiger partial charge is 0.378 e. The molecule has 0 spiro atoms. The van der Waals surface area contributed by atoms with Gasteiger partial charge < -0.3 is 14.5 Å². The fraction of sp³-hybridized carbons (Fsp3) is 0.647. The number of morpholine rings is 1. The number of nitrogens with one attached hydrogen (secondary N) is 1. The summed E-state index contributed by atoms with van der Waals surface area (Å²) in [5, 5.41) is 0. The molecule has 1 aromatic rings. The molecule has 0 amide bonds. The molecule has 6 nitrogen and oxygen atoms in total. The Kier molecular flexibility index (Phi) is 5.50. The number of ether oxygens (including phenoxy) is 1. The van der Waals surface area contributed by atoms with Crippen LogP contribution in [-0.4, -0.2) is 53.6 Å². The van der Waals surface area contributed by atoms with Crippen LogP contribution < -0.4 is 14.5 Å². The monoisotopic (exact) mass is 353 g/mol. The molecule has 0 bridgehead atoms. The quantitative estimate of drug-likeness (QED) is 0.850. The number of sulfonamides is 1. The number of hydrogen-bond acceptors (Lipinski definition) is 5. The summed E-state index contributed by atoms with van der Waals surface area (Å²) in [6.45, 7) is 6.95. The Balaban J connectivity index is 1.90. The van der Waals surface area contributed by atoms with Gasteiger partial charge in [-0.3, -0.25) is 4.72 Å². The van der Waals surface area contributed by atoms with E-state index < -0.39 is 10.0 Å². The van der Waals surface area contributed by atoms with Crippen LogP contribution >= 0.6 is 0 Å². The Morgan fingerprint density at radius 3 is 2.46 bits per heavy atom. The Morgan fingerprint density at radius 1 is 1.08 bits per heavy atom. The van der Waals surface area contributed by atoms with E-state index in [2.05, 4.69) is 26.7 Å². The zero-order chi connectivity index (χ0) is 17.0. The third-order valence-corrected chi connectivity index (χ3v) is 6.02. The minimum absolute atomic E-state index is 0.147. The highest BCUT2D eigenvalue weighted by Gasteiger charge is 2.21. The summed E-state index contributed by atoms with van der Waals surface area (Å²) in [6, 6.07) is 6.13. The van der Waals surface area contributed by atoms with E-state index in [4.69, 9.17) is 4.74 Å². The molecule has 3 rings (SSSR count). The fourth-order valence-electron chi connectivity index (χ4n) is 3.35. The van der Waals surface area contributed by atoms with Crippen LogP contribution in [-0.2, 0) is 14.8 Å². The Morgan fingerprint density at radius 2 is 1.79 bits per heavy atom. The average Bonchev–Trinajstić information content (AvgIpc) is 3.09. The molecular formula is C17H27N3O3S. The van der Waals surface area contributed by atoms with E-state index in [-0.39, 0.29) is 5.75 Å². The molecule has 0 aliphatic carbocycles. The van der Waals surface area contributed by atoms with Gasteiger partial charge in [0.25, 0.3) is 0 Å². The maximum atomic E-state index is 12.3. The van der Waals surface area contributed by atoms with Crippen LogP contribution in [0.25, 0.3) is 0 Å². The maximum absolute atomic E-state index is 12.3. The second kappa shape index (κ2) is 7.61. The Hall–Kier alpha value is -1.47. The molecule has 2 aliphatic heterocycles. The van der Waals surface area contributed by atoms with Crippen LogP contribution in [0.1, 0.15) is 26.2 Å². The topological polar surface area (TPSA) is 61.9 Å². The minimum Gasteiger partial charge on any atom is -0.378 e. The molecular weight excluding hydrogens is 326 g/mol. The molecule has 1 aromatic carbocycles. The highest BCUT2D eigenvalue weighted by molar-refractivity contribution is 7.92. The van der Waals surface area contributed by atoms with Crippen molar-refractivity contribution >= 4 is 27.1 Å². The molecule has 0 saturated carbocycles. The zero-order valence-corrected chi connectivity index (χ0v) is 15.1. The summed E-state index contributed by atoms with van der Waals surface area (Å²) in [7, 11) is -3.30. The van der Waals surface area contributed by atoms with Crippen molar-refractivity contribution in [3.63, 3.8) is 0 Å². The van der Waals surface area contributed by atoms with Crippen molar-refractivity contribution in [3.05, 3.63) is 18.2 Å². The second-order valence-electron chi connectivity index (χ2n) is 6.42. The molecule has 2 fully saturated rings. The fourth-order valence-corrected chi connectivity index (χ4v) is 4.48. The lowest BCUT2D eigenvalue weighted by Gasteiger charge is -2.30. The summed E-state index contributed by atoms with van der Waals surface area (Å²) >= 11 is 0. The molecule has 7 heteroatoms. The van der Waals surface area contributed by atoms with Crippen molar-refractivity contribution < 1.29 is 13.2 Å². The summed E-state index contributed by atoms with van der Waals surface area (Å²) in [5.74, 6) is 0.147. The van der Waals surface area contributed by atoms with Gasteiger partial charge in [0, 0.05) is 31.9 Å². The van der Waals surface area contributed by atoms with Crippen molar-refractivity contribution in [2.45, 2.75) is 26.2 Å². The van der Waals surface area contributed by atoms with Gasteiger partial charge in [0.05, 0.1) is 30.3 Å². The van der Waals surface area contributed by atoms with E-state index in [0.717, 1.165) is 50.4 Å². The average molecular weight is 353 g/mol. The molecule has 2 heterocycles. The normalized spacial score (nSPS) is 18.9. The lowest BCUT2D eigenvalue weighted by molar-refractivity contribution is 0.122. The zero-order valence-electron chi connectivity index (χ0n) is 14.3. The smallest absolute Gasteiger partial charge is 0.232 e. The van der Waals surface area contributed by atoms with E-state index in [1.807, 2.05) is 13.0 Å². The van der Waals surface area contributed by atoms with Crippen molar-refractivity contribution in [2.24, 2.45) is 0 Å². The molecule has 0 unspecified atom stereocenters. The Labute approximate surface area is 144 Å². The summed E-state index contributed by atoms with van der Waals surface area (Å²) in [5.41, 5.74) is 2.74. The van der Waals surface area contributed by atoms with Crippen molar-refractivity contribution in [3.8, 4) is 0 Å². The first-order valence-electron chi connectivity index (χ1n) is 8.81. The number of hydrogen-bond donors (Lipinski definition) is 1. The van der Waals surface area contributed by atoms with E-state index in [0.29, 0.717) is 25.3 Å². The Bertz CT molecular complexity index is 651. The van der Waals surface area contributed by atoms with Crippen LogP contribution in [0.2, 0.25) is 0 Å². The third-order valence-electron chi connectivity index (χ3n) is 4.54. The van der Waals surface area contributed by atoms with E-state index in [9.17, 15) is 8.42 Å². The minimum atomic E-state index is -3.30. The predicted octanol–water partition coefficient (Wildman–Crippen LogP) is 2.28. The number of nitrogens with zero attached hydrogens (tertiary/aromatic N) is 2. The summed E-state index contributed by atoms with van der Waals surface area (Å²) in [4.78, 5) is 4.52.